The molecule has 6 aromatic carbocycles. The maximum absolute atomic E-state index is 12.7. The van der Waals surface area contributed by atoms with E-state index >= 15 is 0 Å². The van der Waals surface area contributed by atoms with Gasteiger partial charge in [0.2, 0.25) is 6.79 Å². The van der Waals surface area contributed by atoms with Crippen molar-refractivity contribution in [3.8, 4) is 23.0 Å². The third-order valence-corrected chi connectivity index (χ3v) is 39.1. The van der Waals surface area contributed by atoms with E-state index in [-0.39, 0.29) is 101 Å². The number of carbonyl (C=O) groups excluding carboxylic acids is 8. The summed E-state index contributed by atoms with van der Waals surface area (Å²) in [5, 5.41) is 12.4. The maximum Gasteiger partial charge on any atom is 0.231 e. The van der Waals surface area contributed by atoms with Crippen molar-refractivity contribution < 1.29 is 66.8 Å². The van der Waals surface area contributed by atoms with E-state index in [1.54, 1.807) is 32.6 Å². The van der Waals surface area contributed by atoms with Crippen molar-refractivity contribution in [1.82, 2.24) is 0 Å². The minimum Gasteiger partial charge on any atom is -0.497 e. The number of aryl methyl sites for hydroxylation is 3. The fourth-order valence-electron chi connectivity index (χ4n) is 24.5. The summed E-state index contributed by atoms with van der Waals surface area (Å²) in [6, 6.07) is 52.7. The molecule has 0 amide bonds. The predicted molar refractivity (Wildman–Crippen MR) is 608 cm³/mol. The molecule has 0 spiro atoms. The van der Waals surface area contributed by atoms with Crippen LogP contribution in [0.3, 0.4) is 0 Å². The number of ether oxygens (including phenoxy) is 4. The molecule has 14 nitrogen and oxygen atoms in total. The lowest BCUT2D eigenvalue weighted by atomic mass is 9.65. The van der Waals surface area contributed by atoms with Crippen LogP contribution in [0.1, 0.15) is 325 Å². The van der Waals surface area contributed by atoms with E-state index in [1.165, 1.54) is 190 Å². The van der Waals surface area contributed by atoms with Gasteiger partial charge in [0.25, 0.3) is 0 Å². The molecule has 144 heavy (non-hydrogen) atoms. The number of furan rings is 1. The predicted octanol–water partition coefficient (Wildman–Crippen LogP) is 33.0. The lowest BCUT2D eigenvalue weighted by molar-refractivity contribution is -0.122. The Kier molecular flexibility index (Phi) is 48.1. The number of ketones is 1. The zero-order valence-electron chi connectivity index (χ0n) is 91.4. The Hall–Kier alpha value is -6.43. The van der Waals surface area contributed by atoms with E-state index in [0.29, 0.717) is 90.9 Å². The molecule has 15 rings (SSSR count). The van der Waals surface area contributed by atoms with Crippen molar-refractivity contribution in [1.29, 1.82) is 0 Å². The Morgan fingerprint density at radius 3 is 1.07 bits per heavy atom. The van der Waals surface area contributed by atoms with Crippen molar-refractivity contribution in [3.05, 3.63) is 204 Å². The van der Waals surface area contributed by atoms with Crippen LogP contribution in [-0.2, 0) is 52.2 Å². The first-order valence-corrected chi connectivity index (χ1v) is 60.0. The van der Waals surface area contributed by atoms with E-state index < -0.39 is 6.10 Å². The molecule has 0 radical (unpaired) electrons. The number of fused-ring (bicyclic) bond motifs is 1. The lowest BCUT2D eigenvalue weighted by Gasteiger charge is -2.41. The van der Waals surface area contributed by atoms with Gasteiger partial charge < -0.3 is 28.5 Å². The van der Waals surface area contributed by atoms with Crippen LogP contribution in [0.5, 0.6) is 23.0 Å². The molecule has 1 N–H and O–H groups in total. The van der Waals surface area contributed by atoms with Crippen LogP contribution >= 0.6 is 82.3 Å². The zero-order valence-corrected chi connectivity index (χ0v) is 97.2. The first kappa shape index (κ1) is 121. The average molecular weight is 2100 g/mol. The quantitative estimate of drug-likeness (QED) is 0.0417. The molecule has 792 valence electrons. The van der Waals surface area contributed by atoms with Gasteiger partial charge in [0.05, 0.1) is 32.3 Å². The van der Waals surface area contributed by atoms with Crippen LogP contribution in [0, 0.1) is 128 Å². The zero-order chi connectivity index (χ0) is 105. The summed E-state index contributed by atoms with van der Waals surface area (Å²) in [6.07, 6.45) is 27.8. The Morgan fingerprint density at radius 1 is 0.361 bits per heavy atom. The van der Waals surface area contributed by atoms with E-state index in [4.69, 9.17) is 23.4 Å². The Bertz CT molecular complexity index is 5140. The molecule has 7 aliphatic carbocycles. The Morgan fingerprint density at radius 2 is 0.694 bits per heavy atom. The van der Waals surface area contributed by atoms with Gasteiger partial charge in [-0.2, -0.15) is 0 Å². The van der Waals surface area contributed by atoms with Gasteiger partial charge in [-0.15, -0.1) is 0 Å². The molecule has 1 aromatic heterocycles. The van der Waals surface area contributed by atoms with Crippen molar-refractivity contribution in [2.75, 3.05) is 44.0 Å². The highest BCUT2D eigenvalue weighted by Crippen LogP contribution is 2.54. The molecular weight excluding hydrogens is 1930 g/mol. The molecule has 7 fully saturated rings. The first-order chi connectivity index (χ1) is 68.1. The smallest absolute Gasteiger partial charge is 0.231 e. The molecule has 21 heteroatoms. The summed E-state index contributed by atoms with van der Waals surface area (Å²) < 4.78 is 26.3. The number of carbonyl (C=O) groups is 8. The second-order valence-corrected chi connectivity index (χ2v) is 54.5. The molecule has 8 aliphatic rings. The minimum absolute atomic E-state index is 0.0372. The summed E-state index contributed by atoms with van der Waals surface area (Å²) in [7, 11) is 3.33. The molecule has 15 unspecified atom stereocenters. The number of aliphatic hydroxyl groups excluding tert-OH is 1. The largest absolute Gasteiger partial charge is 0.497 e. The van der Waals surface area contributed by atoms with E-state index in [9.17, 15) is 43.5 Å². The van der Waals surface area contributed by atoms with Crippen molar-refractivity contribution in [2.24, 2.45) is 121 Å². The number of benzene rings is 6. The molecular formula is C123H174O14S7. The molecule has 1 aliphatic heterocycles. The summed E-state index contributed by atoms with van der Waals surface area (Å²) in [4.78, 5) is 103. The third kappa shape index (κ3) is 36.4. The number of hydrogen-bond acceptors (Lipinski definition) is 21. The highest BCUT2D eigenvalue weighted by atomic mass is 32.2. The van der Waals surface area contributed by atoms with Gasteiger partial charge in [0.15, 0.2) is 53.1 Å². The van der Waals surface area contributed by atoms with Crippen molar-refractivity contribution in [2.45, 2.75) is 322 Å². The van der Waals surface area contributed by atoms with E-state index in [2.05, 4.69) is 189 Å². The van der Waals surface area contributed by atoms with Crippen LogP contribution in [0.2, 0.25) is 0 Å². The second-order valence-electron chi connectivity index (χ2n) is 47.2. The topological polar surface area (TPSA) is 207 Å². The summed E-state index contributed by atoms with van der Waals surface area (Å²) in [5.74, 6) is 11.9. The molecule has 2 heterocycles. The molecule has 0 bridgehead atoms. The first-order valence-electron chi connectivity index (χ1n) is 53.4. The van der Waals surface area contributed by atoms with Crippen LogP contribution in [-0.4, -0.2) is 90.7 Å². The van der Waals surface area contributed by atoms with Crippen LogP contribution in [0.4, 0.5) is 0 Å². The average Bonchev–Trinajstić information content (AvgIpc) is 0.970. The summed E-state index contributed by atoms with van der Waals surface area (Å²) in [6.45, 7) is 49.1. The number of rotatable bonds is 25. The summed E-state index contributed by atoms with van der Waals surface area (Å²) >= 11 is 9.78. The van der Waals surface area contributed by atoms with Crippen molar-refractivity contribution >= 4 is 124 Å². The lowest BCUT2D eigenvalue weighted by Crippen LogP contribution is -2.38. The van der Waals surface area contributed by atoms with Gasteiger partial charge in [-0.1, -0.05) is 369 Å². The Balaban J connectivity index is 0.000000187. The molecule has 7 aromatic rings. The summed E-state index contributed by atoms with van der Waals surface area (Å²) in [5.41, 5.74) is 6.02. The van der Waals surface area contributed by atoms with Gasteiger partial charge in [-0.05, 0) is 272 Å². The number of hydrogen-bond donors (Lipinski definition) is 1. The highest BCUT2D eigenvalue weighted by Gasteiger charge is 2.49. The fraction of sp³-hybridized carbons (Fsp3) is 0.610. The van der Waals surface area contributed by atoms with Crippen LogP contribution in [0.25, 0.3) is 0 Å². The number of methoxy groups -OCH3 is 2. The molecule has 15 atom stereocenters. The van der Waals surface area contributed by atoms with Gasteiger partial charge in [0, 0.05) is 86.2 Å². The maximum atomic E-state index is 12.7. The number of Topliss-reactive ketones (excluding diaryl/α,β-unsaturated/α-hetero) is 1. The Labute approximate surface area is 896 Å². The van der Waals surface area contributed by atoms with Gasteiger partial charge in [-0.3, -0.25) is 38.4 Å². The number of thioether (sulfide) groups is 7. The van der Waals surface area contributed by atoms with Crippen LogP contribution < -0.4 is 18.9 Å². The molecule has 7 saturated carbocycles. The SMILES string of the molecule is CC1CCCC(C)(C)C1C(=O)SCC(=O)c1ccccc1.CC1CCCC(C)(C)C1C(=O)SCC(O)c1ccccc1.CC1CCCC(C)(C)C1C(=O)SCCc1ccco1.CC1CCCC(C)(C)C1C(=O)SCc1ccc2c(c1)OCO2.COc1ccc(CCSC(=O)C2C(C)CCCC2(C)C)cc1.COc1ccc(SC(=O)C2C(C)CCCC2(C)C)cc1.Cc1ccc(SC(=O)C2C(C)CCCC2(C)C)cc1. The van der Waals surface area contributed by atoms with E-state index in [0.717, 1.165) is 113 Å². The second kappa shape index (κ2) is 57.2. The van der Waals surface area contributed by atoms with Gasteiger partial charge in [-0.25, -0.2) is 0 Å². The standard InChI is InChI=1S/C19H28O2S.C18H24O3S.C18H26O2S.C18H24O2S.C17H24O2S.C17H24OS.C16H24O2S/c1-14-6-5-12-19(2,3)17(14)18(20)22-13-11-15-7-9-16(21-4)10-8-15;1-12-5-4-8-18(2,3)16(12)17(19)22-10-13-6-7-14-15(9-13)21-11-20-14;2*1-13-8-7-11-18(2,3)16(13)17(20)21-12-15(19)14-9-5-4-6-10-14;1-12-6-5-11-17(2,3)15(12)16(18)20-14-9-7-13(19-4)8-10-14;1-12-7-9-14(10-8-12)19-16(18)15-13(2)6-5-11-17(15,3)4;1-12-6-4-9-16(2,3)14(12)15(17)19-11-8-13-7-5-10-18-13/h7-10,14,17H,5-6,11-13H2,1-4H3;6-7,9,12,16H,4-5,8,10-11H2,1-3H3;4-6,9-10,13,15-16,19H,7-8,11-12H2,1-3H3;4-6,9-10,13,16H,7-8,11-12H2,1-3H3;7-10,12,15H,5-6,11H2,1-4H3;7-10,13,15H,5-6,11H2,1-4H3;5,7,10,12,14H,4,6,8-9,11H2,1-3H3. The minimum atomic E-state index is -0.567. The van der Waals surface area contributed by atoms with E-state index in [1.807, 2.05) is 115 Å². The van der Waals surface area contributed by atoms with Gasteiger partial charge in [0.1, 0.15) is 17.3 Å². The van der Waals surface area contributed by atoms with Crippen molar-refractivity contribution in [3.63, 3.8) is 0 Å². The normalized spacial score (nSPS) is 25.5. The monoisotopic (exact) mass is 2100 g/mol. The fourth-order valence-corrected chi connectivity index (χ4v) is 33.0. The van der Waals surface area contributed by atoms with Gasteiger partial charge >= 0.3 is 0 Å². The molecule has 0 saturated heterocycles. The highest BCUT2D eigenvalue weighted by molar-refractivity contribution is 8.15. The number of aliphatic hydroxyl groups is 1. The third-order valence-electron chi connectivity index (χ3n) is 32.3. The van der Waals surface area contributed by atoms with Crippen LogP contribution in [0.15, 0.2) is 184 Å².